The first-order valence-corrected chi connectivity index (χ1v) is 8.56. The zero-order valence-corrected chi connectivity index (χ0v) is 14.1. The molecule has 0 saturated carbocycles. The summed E-state index contributed by atoms with van der Waals surface area (Å²) in [5.41, 5.74) is 4.68. The fourth-order valence-corrected chi connectivity index (χ4v) is 3.66. The monoisotopic (exact) mass is 321 g/mol. The number of pyridine rings is 1. The zero-order chi connectivity index (χ0) is 16.5. The Labute approximate surface area is 142 Å². The maximum atomic E-state index is 4.46. The standard InChI is InChI=1S/C19H23N5/c1-3-24-13-17(14(2)22-24)12-23-9-5-7-16(11-23)18-10-15-6-4-8-20-19(15)21-18/h3-4,6,8,10,13,16H,1,5,7,9,11-12H2,2H3,(H,20,21)/t16-/m0/s1. The van der Waals surface area contributed by atoms with E-state index in [2.05, 4.69) is 51.8 Å². The van der Waals surface area contributed by atoms with E-state index in [0.29, 0.717) is 5.92 Å². The lowest BCUT2D eigenvalue weighted by molar-refractivity contribution is 0.198. The van der Waals surface area contributed by atoms with Gasteiger partial charge in [-0.25, -0.2) is 9.67 Å². The molecule has 4 rings (SSSR count). The molecule has 0 radical (unpaired) electrons. The van der Waals surface area contributed by atoms with Gasteiger partial charge in [0.1, 0.15) is 5.65 Å². The lowest BCUT2D eigenvalue weighted by Gasteiger charge is -2.32. The summed E-state index contributed by atoms with van der Waals surface area (Å²) in [4.78, 5) is 10.5. The Balaban J connectivity index is 1.50. The third-order valence-electron chi connectivity index (χ3n) is 4.96. The molecule has 0 amide bonds. The van der Waals surface area contributed by atoms with E-state index in [-0.39, 0.29) is 0 Å². The molecule has 0 bridgehead atoms. The number of piperidine rings is 1. The van der Waals surface area contributed by atoms with Crippen molar-refractivity contribution in [3.63, 3.8) is 0 Å². The number of likely N-dealkylation sites (tertiary alicyclic amines) is 1. The van der Waals surface area contributed by atoms with Crippen LogP contribution in [0.25, 0.3) is 17.2 Å². The van der Waals surface area contributed by atoms with Crippen LogP contribution < -0.4 is 0 Å². The minimum absolute atomic E-state index is 0.544. The molecule has 3 aromatic rings. The van der Waals surface area contributed by atoms with Gasteiger partial charge >= 0.3 is 0 Å². The molecular weight excluding hydrogens is 298 g/mol. The Morgan fingerprint density at radius 2 is 2.38 bits per heavy atom. The summed E-state index contributed by atoms with van der Waals surface area (Å²) < 4.78 is 1.80. The van der Waals surface area contributed by atoms with Crippen molar-refractivity contribution in [3.8, 4) is 0 Å². The number of nitrogens with one attached hydrogen (secondary N) is 1. The average molecular weight is 321 g/mol. The lowest BCUT2D eigenvalue weighted by Crippen LogP contribution is -2.34. The van der Waals surface area contributed by atoms with E-state index in [9.17, 15) is 0 Å². The number of aromatic nitrogens is 4. The second-order valence-corrected chi connectivity index (χ2v) is 6.64. The molecule has 0 aromatic carbocycles. The summed E-state index contributed by atoms with van der Waals surface area (Å²) in [6, 6.07) is 6.38. The highest BCUT2D eigenvalue weighted by Gasteiger charge is 2.23. The first kappa shape index (κ1) is 15.1. The van der Waals surface area contributed by atoms with Crippen molar-refractivity contribution >= 4 is 17.2 Å². The predicted octanol–water partition coefficient (Wildman–Crippen LogP) is 3.55. The van der Waals surface area contributed by atoms with Gasteiger partial charge in [0.25, 0.3) is 0 Å². The smallest absolute Gasteiger partial charge is 0.137 e. The van der Waals surface area contributed by atoms with E-state index >= 15 is 0 Å². The molecule has 4 heterocycles. The molecule has 5 heteroatoms. The molecule has 0 unspecified atom stereocenters. The largest absolute Gasteiger partial charge is 0.343 e. The van der Waals surface area contributed by atoms with Crippen molar-refractivity contribution in [1.82, 2.24) is 24.6 Å². The van der Waals surface area contributed by atoms with Gasteiger partial charge in [0.15, 0.2) is 0 Å². The normalized spacial score (nSPS) is 19.0. The van der Waals surface area contributed by atoms with E-state index < -0.39 is 0 Å². The van der Waals surface area contributed by atoms with E-state index in [1.54, 1.807) is 10.9 Å². The van der Waals surface area contributed by atoms with Gasteiger partial charge in [-0.1, -0.05) is 6.58 Å². The van der Waals surface area contributed by atoms with Crippen molar-refractivity contribution < 1.29 is 0 Å². The molecule has 5 nitrogen and oxygen atoms in total. The van der Waals surface area contributed by atoms with E-state index in [1.807, 2.05) is 12.3 Å². The van der Waals surface area contributed by atoms with Crippen LogP contribution in [0.15, 0.2) is 37.2 Å². The number of aromatic amines is 1. The van der Waals surface area contributed by atoms with Gasteiger partial charge in [0, 0.05) is 54.2 Å². The van der Waals surface area contributed by atoms with Crippen molar-refractivity contribution in [2.24, 2.45) is 0 Å². The summed E-state index contributed by atoms with van der Waals surface area (Å²) in [6.07, 6.45) is 8.12. The number of hydrogen-bond acceptors (Lipinski definition) is 3. The second kappa shape index (κ2) is 6.24. The Kier molecular flexibility index (Phi) is 3.94. The number of fused-ring (bicyclic) bond motifs is 1. The molecular formula is C19H23N5. The summed E-state index contributed by atoms with van der Waals surface area (Å²) in [6.45, 7) is 9.03. The zero-order valence-electron chi connectivity index (χ0n) is 14.1. The topological polar surface area (TPSA) is 49.7 Å². The molecule has 1 saturated heterocycles. The van der Waals surface area contributed by atoms with Gasteiger partial charge in [-0.05, 0) is 44.5 Å². The molecule has 24 heavy (non-hydrogen) atoms. The Hall–Kier alpha value is -2.40. The number of rotatable bonds is 4. The number of nitrogens with zero attached hydrogens (tertiary/aromatic N) is 4. The minimum atomic E-state index is 0.544. The third-order valence-corrected chi connectivity index (χ3v) is 4.96. The highest BCUT2D eigenvalue weighted by molar-refractivity contribution is 5.76. The van der Waals surface area contributed by atoms with Crippen LogP contribution in [0, 0.1) is 6.92 Å². The van der Waals surface area contributed by atoms with Crippen LogP contribution in [0.1, 0.15) is 35.7 Å². The summed E-state index contributed by atoms with van der Waals surface area (Å²) in [7, 11) is 0. The highest BCUT2D eigenvalue weighted by atomic mass is 15.3. The van der Waals surface area contributed by atoms with Gasteiger partial charge in [-0.3, -0.25) is 4.90 Å². The van der Waals surface area contributed by atoms with Crippen molar-refractivity contribution in [3.05, 3.63) is 54.1 Å². The van der Waals surface area contributed by atoms with Gasteiger partial charge < -0.3 is 4.98 Å². The van der Waals surface area contributed by atoms with Crippen LogP contribution in [0.3, 0.4) is 0 Å². The van der Waals surface area contributed by atoms with Crippen LogP contribution in [0.4, 0.5) is 0 Å². The SMILES string of the molecule is C=Cn1cc(CN2CCC[C@H](c3cc4cccnc4[nH]3)C2)c(C)n1. The lowest BCUT2D eigenvalue weighted by atomic mass is 9.94. The van der Waals surface area contributed by atoms with Crippen LogP contribution in [0.5, 0.6) is 0 Å². The molecule has 1 aliphatic rings. The number of hydrogen-bond donors (Lipinski definition) is 1. The van der Waals surface area contributed by atoms with E-state index in [4.69, 9.17) is 0 Å². The molecule has 1 atom stereocenters. The fraction of sp³-hybridized carbons (Fsp3) is 0.368. The van der Waals surface area contributed by atoms with Crippen molar-refractivity contribution in [2.45, 2.75) is 32.2 Å². The summed E-state index contributed by atoms with van der Waals surface area (Å²) >= 11 is 0. The van der Waals surface area contributed by atoms with Crippen molar-refractivity contribution in [2.75, 3.05) is 13.1 Å². The van der Waals surface area contributed by atoms with Gasteiger partial charge in [0.2, 0.25) is 0 Å². The summed E-state index contributed by atoms with van der Waals surface area (Å²) in [5.74, 6) is 0.544. The van der Waals surface area contributed by atoms with E-state index in [1.165, 1.54) is 29.5 Å². The molecule has 124 valence electrons. The average Bonchev–Trinajstić information content (AvgIpc) is 3.19. The Morgan fingerprint density at radius 3 is 3.17 bits per heavy atom. The summed E-state index contributed by atoms with van der Waals surface area (Å²) in [5, 5.41) is 5.66. The molecule has 1 aliphatic heterocycles. The quantitative estimate of drug-likeness (QED) is 0.799. The van der Waals surface area contributed by atoms with Crippen LogP contribution in [0.2, 0.25) is 0 Å². The maximum Gasteiger partial charge on any atom is 0.137 e. The molecule has 1 fully saturated rings. The maximum absolute atomic E-state index is 4.46. The van der Waals surface area contributed by atoms with Gasteiger partial charge in [-0.15, -0.1) is 0 Å². The highest BCUT2D eigenvalue weighted by Crippen LogP contribution is 2.29. The van der Waals surface area contributed by atoms with Gasteiger partial charge in [0.05, 0.1) is 5.69 Å². The Bertz CT molecular complexity index is 827. The third kappa shape index (κ3) is 2.87. The predicted molar refractivity (Wildman–Crippen MR) is 96.7 cm³/mol. The van der Waals surface area contributed by atoms with Crippen LogP contribution in [-0.2, 0) is 6.54 Å². The molecule has 1 N–H and O–H groups in total. The van der Waals surface area contributed by atoms with Crippen molar-refractivity contribution in [1.29, 1.82) is 0 Å². The van der Waals surface area contributed by atoms with Gasteiger partial charge in [-0.2, -0.15) is 5.10 Å². The fourth-order valence-electron chi connectivity index (χ4n) is 3.66. The molecule has 3 aromatic heterocycles. The van der Waals surface area contributed by atoms with E-state index in [0.717, 1.165) is 31.0 Å². The number of aryl methyl sites for hydroxylation is 1. The Morgan fingerprint density at radius 1 is 1.46 bits per heavy atom. The first-order chi connectivity index (χ1) is 11.7. The minimum Gasteiger partial charge on any atom is -0.343 e. The van der Waals surface area contributed by atoms with Crippen LogP contribution >= 0.6 is 0 Å². The molecule has 0 spiro atoms. The first-order valence-electron chi connectivity index (χ1n) is 8.56. The second-order valence-electron chi connectivity index (χ2n) is 6.64. The molecule has 0 aliphatic carbocycles. The number of H-pyrrole nitrogens is 1. The van der Waals surface area contributed by atoms with Crippen LogP contribution in [-0.4, -0.2) is 37.7 Å².